The fourth-order valence-electron chi connectivity index (χ4n) is 3.92. The number of anilines is 2. The molecule has 1 aliphatic carbocycles. The molecule has 1 saturated heterocycles. The first-order valence-electron chi connectivity index (χ1n) is 9.81. The smallest absolute Gasteiger partial charge is 0.148 e. The summed E-state index contributed by atoms with van der Waals surface area (Å²) in [5.74, 6) is 0.737. The molecule has 2 aromatic rings. The molecule has 8 heteroatoms. The lowest BCUT2D eigenvalue weighted by Crippen LogP contribution is -2.46. The Balaban J connectivity index is 1.44. The van der Waals surface area contributed by atoms with Crippen molar-refractivity contribution in [3.8, 4) is 0 Å². The molecule has 0 radical (unpaired) electrons. The maximum atomic E-state index is 13.9. The summed E-state index contributed by atoms with van der Waals surface area (Å²) >= 11 is 0. The SMILES string of the molecule is CN(C)c1cc(N(C2CC2)C2CCN(Cc3c(F)cncc3F)CC2)ncn1. The second kappa shape index (κ2) is 7.95. The van der Waals surface area contributed by atoms with Crippen molar-refractivity contribution >= 4 is 11.6 Å². The van der Waals surface area contributed by atoms with Crippen molar-refractivity contribution in [3.63, 3.8) is 0 Å². The van der Waals surface area contributed by atoms with Crippen molar-refractivity contribution in [2.75, 3.05) is 37.0 Å². The summed E-state index contributed by atoms with van der Waals surface area (Å²) in [6.07, 6.45) is 8.07. The van der Waals surface area contributed by atoms with Crippen LogP contribution in [-0.2, 0) is 6.54 Å². The molecule has 3 heterocycles. The first kappa shape index (κ1) is 19.0. The zero-order chi connectivity index (χ0) is 19.7. The van der Waals surface area contributed by atoms with Gasteiger partial charge in [-0.3, -0.25) is 9.88 Å². The van der Waals surface area contributed by atoms with Gasteiger partial charge in [-0.25, -0.2) is 18.7 Å². The highest BCUT2D eigenvalue weighted by Crippen LogP contribution is 2.36. The zero-order valence-electron chi connectivity index (χ0n) is 16.4. The highest BCUT2D eigenvalue weighted by Gasteiger charge is 2.36. The Kier molecular flexibility index (Phi) is 5.39. The standard InChI is InChI=1S/C20H26F2N6/c1-26(2)19-9-20(25-13-24-19)28(14-3-4-14)15-5-7-27(8-6-15)12-16-17(21)10-23-11-18(16)22/h9-11,13-15H,3-8,12H2,1-2H3. The van der Waals surface area contributed by atoms with Gasteiger partial charge in [0, 0.05) is 57.4 Å². The van der Waals surface area contributed by atoms with Gasteiger partial charge in [0.25, 0.3) is 0 Å². The highest BCUT2D eigenvalue weighted by molar-refractivity contribution is 5.51. The summed E-state index contributed by atoms with van der Waals surface area (Å²) in [7, 11) is 3.95. The predicted octanol–water partition coefficient (Wildman–Crippen LogP) is 2.85. The first-order chi connectivity index (χ1) is 13.5. The van der Waals surface area contributed by atoms with Crippen molar-refractivity contribution in [1.29, 1.82) is 0 Å². The van der Waals surface area contributed by atoms with E-state index in [2.05, 4.69) is 24.8 Å². The van der Waals surface area contributed by atoms with Gasteiger partial charge in [0.1, 0.15) is 29.6 Å². The minimum atomic E-state index is -0.570. The molecule has 0 N–H and O–H groups in total. The Morgan fingerprint density at radius 3 is 2.18 bits per heavy atom. The van der Waals surface area contributed by atoms with E-state index in [4.69, 9.17) is 0 Å². The maximum Gasteiger partial charge on any atom is 0.148 e. The minimum absolute atomic E-state index is 0.110. The molecule has 4 rings (SSSR count). The summed E-state index contributed by atoms with van der Waals surface area (Å²) < 4.78 is 27.8. The van der Waals surface area contributed by atoms with Crippen molar-refractivity contribution in [2.45, 2.75) is 44.3 Å². The van der Waals surface area contributed by atoms with Crippen LogP contribution in [0.25, 0.3) is 0 Å². The fourth-order valence-corrected chi connectivity index (χ4v) is 3.92. The third-order valence-corrected chi connectivity index (χ3v) is 5.59. The third-order valence-electron chi connectivity index (χ3n) is 5.59. The predicted molar refractivity (Wildman–Crippen MR) is 104 cm³/mol. The summed E-state index contributed by atoms with van der Waals surface area (Å²) in [5, 5.41) is 0. The van der Waals surface area contributed by atoms with E-state index in [0.29, 0.717) is 12.1 Å². The summed E-state index contributed by atoms with van der Waals surface area (Å²) in [6, 6.07) is 2.98. The third kappa shape index (κ3) is 4.06. The van der Waals surface area contributed by atoms with E-state index in [1.165, 1.54) is 12.8 Å². The lowest BCUT2D eigenvalue weighted by Gasteiger charge is -2.39. The quantitative estimate of drug-likeness (QED) is 0.759. The van der Waals surface area contributed by atoms with E-state index in [1.807, 2.05) is 25.1 Å². The minimum Gasteiger partial charge on any atom is -0.363 e. The maximum absolute atomic E-state index is 13.9. The number of halogens is 2. The molecular weight excluding hydrogens is 362 g/mol. The molecule has 0 spiro atoms. The second-order valence-electron chi connectivity index (χ2n) is 7.86. The number of hydrogen-bond donors (Lipinski definition) is 0. The number of rotatable bonds is 6. The van der Waals surface area contributed by atoms with Crippen LogP contribution in [0.3, 0.4) is 0 Å². The molecule has 0 amide bonds. The Morgan fingerprint density at radius 1 is 0.964 bits per heavy atom. The molecule has 2 aromatic heterocycles. The number of likely N-dealkylation sites (tertiary alicyclic amines) is 1. The lowest BCUT2D eigenvalue weighted by molar-refractivity contribution is 0.196. The second-order valence-corrected chi connectivity index (χ2v) is 7.86. The number of hydrogen-bond acceptors (Lipinski definition) is 6. The van der Waals surface area contributed by atoms with Crippen molar-refractivity contribution in [2.24, 2.45) is 0 Å². The van der Waals surface area contributed by atoms with Crippen LogP contribution in [0.5, 0.6) is 0 Å². The van der Waals surface area contributed by atoms with Crippen LogP contribution in [0, 0.1) is 11.6 Å². The molecule has 0 atom stereocenters. The van der Waals surface area contributed by atoms with Crippen LogP contribution in [-0.4, -0.2) is 59.1 Å². The molecule has 1 saturated carbocycles. The van der Waals surface area contributed by atoms with Gasteiger partial charge >= 0.3 is 0 Å². The Labute approximate surface area is 164 Å². The molecule has 0 unspecified atom stereocenters. The van der Waals surface area contributed by atoms with Crippen LogP contribution < -0.4 is 9.80 Å². The van der Waals surface area contributed by atoms with Crippen molar-refractivity contribution < 1.29 is 8.78 Å². The van der Waals surface area contributed by atoms with Crippen LogP contribution >= 0.6 is 0 Å². The van der Waals surface area contributed by atoms with Gasteiger partial charge in [0.15, 0.2) is 0 Å². The van der Waals surface area contributed by atoms with Crippen LogP contribution in [0.1, 0.15) is 31.2 Å². The van der Waals surface area contributed by atoms with Gasteiger partial charge in [-0.15, -0.1) is 0 Å². The largest absolute Gasteiger partial charge is 0.363 e. The molecule has 6 nitrogen and oxygen atoms in total. The van der Waals surface area contributed by atoms with Crippen LogP contribution in [0.2, 0.25) is 0 Å². The van der Waals surface area contributed by atoms with Gasteiger partial charge in [0.2, 0.25) is 0 Å². The Bertz CT molecular complexity index is 798. The molecule has 28 heavy (non-hydrogen) atoms. The Hall–Kier alpha value is -2.35. The van der Waals surface area contributed by atoms with Gasteiger partial charge in [-0.2, -0.15) is 0 Å². The van der Waals surface area contributed by atoms with Crippen LogP contribution in [0.15, 0.2) is 24.8 Å². The number of aromatic nitrogens is 3. The first-order valence-corrected chi connectivity index (χ1v) is 9.81. The average Bonchev–Trinajstić information content (AvgIpc) is 3.51. The normalized spacial score (nSPS) is 18.3. The van der Waals surface area contributed by atoms with Crippen molar-refractivity contribution in [3.05, 3.63) is 42.0 Å². The van der Waals surface area contributed by atoms with E-state index >= 15 is 0 Å². The highest BCUT2D eigenvalue weighted by atomic mass is 19.1. The van der Waals surface area contributed by atoms with Crippen LogP contribution in [0.4, 0.5) is 20.4 Å². The van der Waals surface area contributed by atoms with Gasteiger partial charge in [-0.05, 0) is 25.7 Å². The van der Waals surface area contributed by atoms with E-state index in [-0.39, 0.29) is 12.1 Å². The van der Waals surface area contributed by atoms with Gasteiger partial charge in [-0.1, -0.05) is 0 Å². The van der Waals surface area contributed by atoms with E-state index in [0.717, 1.165) is 50.0 Å². The number of piperidine rings is 1. The fraction of sp³-hybridized carbons (Fsp3) is 0.550. The van der Waals surface area contributed by atoms with Gasteiger partial charge in [0.05, 0.1) is 12.4 Å². The topological polar surface area (TPSA) is 48.4 Å². The van der Waals surface area contributed by atoms with Gasteiger partial charge < -0.3 is 9.80 Å². The lowest BCUT2D eigenvalue weighted by atomic mass is 10.0. The average molecular weight is 388 g/mol. The summed E-state index contributed by atoms with van der Waals surface area (Å²) in [5.41, 5.74) is 0.110. The summed E-state index contributed by atoms with van der Waals surface area (Å²) in [6.45, 7) is 1.90. The zero-order valence-corrected chi connectivity index (χ0v) is 16.4. The molecule has 2 fully saturated rings. The molecule has 1 aliphatic heterocycles. The monoisotopic (exact) mass is 388 g/mol. The van der Waals surface area contributed by atoms with Crippen molar-refractivity contribution in [1.82, 2.24) is 19.9 Å². The molecular formula is C20H26F2N6. The van der Waals surface area contributed by atoms with E-state index < -0.39 is 11.6 Å². The molecule has 150 valence electrons. The molecule has 0 bridgehead atoms. The van der Waals surface area contributed by atoms with E-state index in [9.17, 15) is 8.78 Å². The number of pyridine rings is 1. The summed E-state index contributed by atoms with van der Waals surface area (Å²) in [4.78, 5) is 19.0. The molecule has 2 aliphatic rings. The Morgan fingerprint density at radius 2 is 1.57 bits per heavy atom. The number of nitrogens with zero attached hydrogens (tertiary/aromatic N) is 6. The van der Waals surface area contributed by atoms with E-state index in [1.54, 1.807) is 6.33 Å². The molecule has 0 aromatic carbocycles.